The van der Waals surface area contributed by atoms with E-state index in [0.29, 0.717) is 25.3 Å². The van der Waals surface area contributed by atoms with Crippen molar-refractivity contribution in [3.05, 3.63) is 22.0 Å². The van der Waals surface area contributed by atoms with E-state index >= 15 is 0 Å². The number of hydrogen-bond acceptors (Lipinski definition) is 5. The van der Waals surface area contributed by atoms with Crippen LogP contribution in [0.5, 0.6) is 0 Å². The maximum atomic E-state index is 11.3. The normalized spacial score (nSPS) is 10.2. The van der Waals surface area contributed by atoms with Crippen molar-refractivity contribution in [3.63, 3.8) is 0 Å². The molecule has 0 bridgehead atoms. The van der Waals surface area contributed by atoms with Crippen LogP contribution in [-0.2, 0) is 18.4 Å². The van der Waals surface area contributed by atoms with Crippen molar-refractivity contribution in [2.75, 3.05) is 13.2 Å². The van der Waals surface area contributed by atoms with Crippen molar-refractivity contribution in [3.8, 4) is 0 Å². The third kappa shape index (κ3) is 4.54. The Morgan fingerprint density at radius 3 is 2.95 bits per heavy atom. The van der Waals surface area contributed by atoms with Crippen LogP contribution in [0.1, 0.15) is 18.5 Å². The zero-order chi connectivity index (χ0) is 14.3. The highest BCUT2D eigenvalue weighted by Crippen LogP contribution is 2.11. The highest BCUT2D eigenvalue weighted by molar-refractivity contribution is 5.67. The van der Waals surface area contributed by atoms with Crippen LogP contribution in [0.15, 0.2) is 6.20 Å². The van der Waals surface area contributed by atoms with Crippen LogP contribution in [0.2, 0.25) is 0 Å². The summed E-state index contributed by atoms with van der Waals surface area (Å²) in [5.74, 6) is -0.297. The van der Waals surface area contributed by atoms with Gasteiger partial charge in [0, 0.05) is 13.0 Å². The number of imidazole rings is 1. The second-order valence-corrected chi connectivity index (χ2v) is 3.83. The van der Waals surface area contributed by atoms with E-state index in [1.165, 1.54) is 17.8 Å². The summed E-state index contributed by atoms with van der Waals surface area (Å²) < 4.78 is 6.16. The molecule has 0 unspecified atom stereocenters. The molecular formula is C10H17N4O5+. The summed E-state index contributed by atoms with van der Waals surface area (Å²) in [5.41, 5.74) is 0.438. The molecule has 1 rings (SSSR count). The van der Waals surface area contributed by atoms with Gasteiger partial charge in [0.1, 0.15) is 12.8 Å². The van der Waals surface area contributed by atoms with Crippen molar-refractivity contribution in [2.24, 2.45) is 7.05 Å². The van der Waals surface area contributed by atoms with E-state index in [-0.39, 0.29) is 12.6 Å². The molecule has 0 saturated carbocycles. The molecule has 1 heterocycles. The number of hydrogen-bond donors (Lipinski definition) is 1. The number of unbranched alkanes of at least 4 members (excludes halogenated alkanes) is 1. The Kier molecular flexibility index (Phi) is 5.73. The molecule has 0 aliphatic carbocycles. The number of ether oxygens (including phenoxy) is 1. The molecule has 1 aromatic rings. The van der Waals surface area contributed by atoms with Crippen molar-refractivity contribution < 1.29 is 19.6 Å². The first-order chi connectivity index (χ1) is 9.06. The molecular weight excluding hydrogens is 256 g/mol. The summed E-state index contributed by atoms with van der Waals surface area (Å²) in [6, 6.07) is 0. The van der Waals surface area contributed by atoms with Crippen LogP contribution < -0.4 is 5.32 Å². The number of nitro groups is 1. The second-order valence-electron chi connectivity index (χ2n) is 3.83. The number of carbonyl (C=O) groups excluding carboxylic acids is 1. The topological polar surface area (TPSA) is 122 Å². The quantitative estimate of drug-likeness (QED) is 0.325. The van der Waals surface area contributed by atoms with Gasteiger partial charge in [-0.1, -0.05) is 4.98 Å². The minimum absolute atomic E-state index is 0.0817. The van der Waals surface area contributed by atoms with E-state index in [1.807, 2.05) is 0 Å². The van der Waals surface area contributed by atoms with Crippen LogP contribution in [-0.4, -0.2) is 38.8 Å². The molecule has 19 heavy (non-hydrogen) atoms. The smallest absolute Gasteiger partial charge is 0.434 e. The summed E-state index contributed by atoms with van der Waals surface area (Å²) in [6.07, 6.45) is 2.14. The second kappa shape index (κ2) is 7.31. The molecule has 9 heteroatoms. The van der Waals surface area contributed by atoms with Crippen LogP contribution in [0.3, 0.4) is 0 Å². The summed E-state index contributed by atoms with van der Waals surface area (Å²) in [6.45, 7) is 0.695. The van der Waals surface area contributed by atoms with Gasteiger partial charge in [-0.3, -0.25) is 0 Å². The predicted molar refractivity (Wildman–Crippen MR) is 65.8 cm³/mol. The van der Waals surface area contributed by atoms with E-state index < -0.39 is 11.0 Å². The van der Waals surface area contributed by atoms with Gasteiger partial charge in [-0.25, -0.2) is 9.36 Å². The van der Waals surface area contributed by atoms with Gasteiger partial charge < -0.3 is 25.3 Å². The maximum Gasteiger partial charge on any atom is 0.434 e. The molecule has 0 fully saturated rings. The van der Waals surface area contributed by atoms with E-state index in [1.54, 1.807) is 0 Å². The monoisotopic (exact) mass is 273 g/mol. The number of nitrogens with one attached hydrogen (secondary N) is 1. The highest BCUT2D eigenvalue weighted by Gasteiger charge is 2.18. The Balaban J connectivity index is 2.36. The zero-order valence-corrected chi connectivity index (χ0v) is 10.6. The molecule has 1 aromatic heterocycles. The van der Waals surface area contributed by atoms with Gasteiger partial charge in [-0.05, 0) is 11.3 Å². The van der Waals surface area contributed by atoms with Crippen molar-refractivity contribution in [2.45, 2.75) is 19.4 Å². The Morgan fingerprint density at radius 2 is 2.37 bits per heavy atom. The highest BCUT2D eigenvalue weighted by atomic mass is 16.6. The molecule has 0 aromatic carbocycles. The first-order valence-corrected chi connectivity index (χ1v) is 5.76. The van der Waals surface area contributed by atoms with Crippen LogP contribution in [0.25, 0.3) is 0 Å². The van der Waals surface area contributed by atoms with Crippen molar-refractivity contribution in [1.82, 2.24) is 14.9 Å². The number of nitrogens with zero attached hydrogens (tertiary/aromatic N) is 3. The number of amides is 1. The molecule has 1 amide bonds. The lowest BCUT2D eigenvalue weighted by Gasteiger charge is -2.05. The Labute approximate surface area is 109 Å². The van der Waals surface area contributed by atoms with Crippen LogP contribution in [0, 0.1) is 10.1 Å². The van der Waals surface area contributed by atoms with Gasteiger partial charge in [0.2, 0.25) is 0 Å². The Morgan fingerprint density at radius 1 is 1.63 bits per heavy atom. The maximum absolute atomic E-state index is 11.3. The number of alkyl carbamates (subject to hydrolysis) is 1. The predicted octanol–water partition coefficient (Wildman–Crippen LogP) is 0.0593. The first kappa shape index (κ1) is 14.9. The van der Waals surface area contributed by atoms with E-state index in [2.05, 4.69) is 10.3 Å². The van der Waals surface area contributed by atoms with Gasteiger partial charge in [0.15, 0.2) is 12.3 Å². The molecule has 0 aliphatic rings. The molecule has 0 atom stereocenters. The van der Waals surface area contributed by atoms with Crippen molar-refractivity contribution >= 4 is 12.0 Å². The number of rotatable bonds is 7. The largest absolute Gasteiger partial charge is 0.445 e. The molecule has 9 nitrogen and oxygen atoms in total. The summed E-state index contributed by atoms with van der Waals surface area (Å²) in [5, 5.41) is 20.0. The van der Waals surface area contributed by atoms with Crippen LogP contribution >= 0.6 is 0 Å². The summed E-state index contributed by atoms with van der Waals surface area (Å²) in [4.78, 5) is 24.9. The lowest BCUT2D eigenvalue weighted by Crippen LogP contribution is -2.25. The van der Waals surface area contributed by atoms with Gasteiger partial charge in [-0.2, -0.15) is 0 Å². The fourth-order valence-electron chi connectivity index (χ4n) is 1.37. The lowest BCUT2D eigenvalue weighted by molar-refractivity contribution is -0.396. The third-order valence-electron chi connectivity index (χ3n) is 2.45. The van der Waals surface area contributed by atoms with Gasteiger partial charge in [0.25, 0.3) is 0 Å². The summed E-state index contributed by atoms with van der Waals surface area (Å²) >= 11 is 0. The Bertz CT molecular complexity index is 445. The zero-order valence-electron chi connectivity index (χ0n) is 10.6. The molecule has 0 radical (unpaired) electrons. The molecule has 0 spiro atoms. The minimum Gasteiger partial charge on any atom is -0.445 e. The van der Waals surface area contributed by atoms with Gasteiger partial charge in [0.05, 0.1) is 7.05 Å². The molecule has 0 saturated heterocycles. The summed E-state index contributed by atoms with van der Waals surface area (Å²) in [7, 11) is 1.48. The minimum atomic E-state index is -0.607. The van der Waals surface area contributed by atoms with Crippen molar-refractivity contribution in [1.29, 1.82) is 0 Å². The van der Waals surface area contributed by atoms with E-state index in [4.69, 9.17) is 9.84 Å². The van der Waals surface area contributed by atoms with Gasteiger partial charge >= 0.3 is 12.0 Å². The van der Waals surface area contributed by atoms with Crippen LogP contribution in [0.4, 0.5) is 10.7 Å². The fraction of sp³-hybridized carbons (Fsp3) is 0.600. The SMILES string of the molecule is Cn1c(COC(=O)NCCCC[OH2+])cnc1[N+](=O)[O-]. The van der Waals surface area contributed by atoms with E-state index in [0.717, 1.165) is 6.42 Å². The van der Waals surface area contributed by atoms with E-state index in [9.17, 15) is 14.9 Å². The molecule has 0 aliphatic heterocycles. The lowest BCUT2D eigenvalue weighted by atomic mass is 10.3. The van der Waals surface area contributed by atoms with Gasteiger partial charge in [-0.15, -0.1) is 0 Å². The average Bonchev–Trinajstić information content (AvgIpc) is 2.74. The number of carbonyl (C=O) groups is 1. The molecule has 3 N–H and O–H groups in total. The molecule has 106 valence electrons. The first-order valence-electron chi connectivity index (χ1n) is 5.76. The average molecular weight is 273 g/mol. The standard InChI is InChI=1S/C10H16N4O5/c1-13-8(6-12-9(13)14(17)18)7-19-10(16)11-4-2-3-5-15/h6,15H,2-5,7H2,1H3,(H,11,16)/p+1. The third-order valence-corrected chi connectivity index (χ3v) is 2.45. The Hall–Kier alpha value is -2.16. The fourth-order valence-corrected chi connectivity index (χ4v) is 1.37. The number of aromatic nitrogens is 2.